The number of benzene rings is 1. The van der Waals surface area contributed by atoms with Crippen LogP contribution in [0.1, 0.15) is 21.9 Å². The summed E-state index contributed by atoms with van der Waals surface area (Å²) in [5.74, 6) is 1.47. The molecule has 2 rings (SSSR count). The number of thioether (sulfide) groups is 1. The third kappa shape index (κ3) is 3.39. The van der Waals surface area contributed by atoms with Crippen molar-refractivity contribution in [1.29, 1.82) is 0 Å². The third-order valence-electron chi connectivity index (χ3n) is 2.61. The maximum absolute atomic E-state index is 12.0. The van der Waals surface area contributed by atoms with Crippen LogP contribution in [0.3, 0.4) is 0 Å². The van der Waals surface area contributed by atoms with Gasteiger partial charge in [0.1, 0.15) is 5.76 Å². The molecule has 0 aliphatic heterocycles. The molecule has 2 aromatic rings. The number of anilines is 1. The molecule has 1 amide bonds. The van der Waals surface area contributed by atoms with E-state index in [1.807, 2.05) is 12.3 Å². The van der Waals surface area contributed by atoms with Gasteiger partial charge in [0.05, 0.1) is 12.4 Å². The monoisotopic (exact) mass is 277 g/mol. The highest BCUT2D eigenvalue weighted by atomic mass is 32.2. The summed E-state index contributed by atoms with van der Waals surface area (Å²) < 4.78 is 5.44. The fraction of sp³-hybridized carbons (Fsp3) is 0.214. The van der Waals surface area contributed by atoms with Crippen LogP contribution in [0.2, 0.25) is 0 Å². The Morgan fingerprint density at radius 2 is 2.11 bits per heavy atom. The average molecular weight is 277 g/mol. The number of carbonyl (C=O) groups is 1. The van der Waals surface area contributed by atoms with Gasteiger partial charge in [-0.1, -0.05) is 18.2 Å². The number of rotatable bonds is 5. The highest BCUT2D eigenvalue weighted by Gasteiger charge is 2.12. The lowest BCUT2D eigenvalue weighted by Crippen LogP contribution is -2.12. The molecule has 0 saturated heterocycles. The predicted molar refractivity (Wildman–Crippen MR) is 76.2 cm³/mol. The topological polar surface area (TPSA) is 62.5 Å². The van der Waals surface area contributed by atoms with Crippen molar-refractivity contribution in [1.82, 2.24) is 0 Å². The quantitative estimate of drug-likeness (QED) is 0.882. The average Bonchev–Trinajstić information content (AvgIpc) is 2.88. The number of amides is 1. The zero-order valence-corrected chi connectivity index (χ0v) is 11.4. The molecule has 0 saturated carbocycles. The number of aliphatic hydroxyl groups is 1. The zero-order chi connectivity index (χ0) is 13.7. The van der Waals surface area contributed by atoms with E-state index in [1.165, 1.54) is 0 Å². The van der Waals surface area contributed by atoms with E-state index >= 15 is 0 Å². The Balaban J connectivity index is 2.11. The molecular formula is C14H15NO3S. The molecule has 0 bridgehead atoms. The van der Waals surface area contributed by atoms with Crippen molar-refractivity contribution in [2.45, 2.75) is 12.4 Å². The van der Waals surface area contributed by atoms with Crippen LogP contribution < -0.4 is 5.32 Å². The normalized spacial score (nSPS) is 10.4. The molecular weight excluding hydrogens is 262 g/mol. The maximum atomic E-state index is 12.0. The summed E-state index contributed by atoms with van der Waals surface area (Å²) in [5, 5.41) is 11.9. The van der Waals surface area contributed by atoms with Crippen molar-refractivity contribution in [3.05, 3.63) is 53.5 Å². The first-order valence-electron chi connectivity index (χ1n) is 5.82. The van der Waals surface area contributed by atoms with Crippen molar-refractivity contribution in [3.8, 4) is 0 Å². The van der Waals surface area contributed by atoms with Crippen LogP contribution in [0.4, 0.5) is 5.69 Å². The third-order valence-corrected chi connectivity index (χ3v) is 3.18. The van der Waals surface area contributed by atoms with Gasteiger partial charge in [0.2, 0.25) is 0 Å². The minimum absolute atomic E-state index is 0.119. The van der Waals surface area contributed by atoms with E-state index in [4.69, 9.17) is 4.42 Å². The van der Waals surface area contributed by atoms with Gasteiger partial charge in [-0.25, -0.2) is 0 Å². The molecule has 0 radical (unpaired) electrons. The van der Waals surface area contributed by atoms with Crippen LogP contribution in [-0.4, -0.2) is 17.3 Å². The molecule has 2 N–H and O–H groups in total. The standard InChI is InChI=1S/C14H15NO3S/c1-19-9-11-6-7-13(18-11)14(17)15-12-5-3-2-4-10(12)8-16/h2-7,16H,8-9H2,1H3,(H,15,17). The van der Waals surface area contributed by atoms with Gasteiger partial charge in [0.25, 0.3) is 5.91 Å². The summed E-state index contributed by atoms with van der Waals surface area (Å²) in [6.07, 6.45) is 1.97. The van der Waals surface area contributed by atoms with Gasteiger partial charge in [-0.15, -0.1) is 0 Å². The molecule has 0 fully saturated rings. The molecule has 1 aromatic carbocycles. The number of furan rings is 1. The molecule has 0 aliphatic rings. The van der Waals surface area contributed by atoms with Gasteiger partial charge in [0, 0.05) is 11.3 Å². The second kappa shape index (κ2) is 6.45. The van der Waals surface area contributed by atoms with E-state index in [9.17, 15) is 9.90 Å². The predicted octanol–water partition coefficient (Wildman–Crippen LogP) is 2.89. The van der Waals surface area contributed by atoms with Crippen LogP contribution in [0, 0.1) is 0 Å². The first-order valence-corrected chi connectivity index (χ1v) is 7.21. The van der Waals surface area contributed by atoms with E-state index in [0.717, 1.165) is 11.5 Å². The summed E-state index contributed by atoms with van der Waals surface area (Å²) in [6.45, 7) is -0.119. The molecule has 4 nitrogen and oxygen atoms in total. The molecule has 0 spiro atoms. The Labute approximate surface area is 115 Å². The van der Waals surface area contributed by atoms with Crippen LogP contribution >= 0.6 is 11.8 Å². The number of carbonyl (C=O) groups excluding carboxylic acids is 1. The molecule has 100 valence electrons. The lowest BCUT2D eigenvalue weighted by Gasteiger charge is -2.07. The van der Waals surface area contributed by atoms with Gasteiger partial charge in [-0.05, 0) is 24.5 Å². The summed E-state index contributed by atoms with van der Waals surface area (Å²) in [5.41, 5.74) is 1.27. The number of hydrogen-bond donors (Lipinski definition) is 2. The fourth-order valence-electron chi connectivity index (χ4n) is 1.68. The molecule has 1 aromatic heterocycles. The second-order valence-corrected chi connectivity index (χ2v) is 4.83. The smallest absolute Gasteiger partial charge is 0.291 e. The van der Waals surface area contributed by atoms with Gasteiger partial charge < -0.3 is 14.8 Å². The summed E-state index contributed by atoms with van der Waals surface area (Å²) in [4.78, 5) is 12.0. The van der Waals surface area contributed by atoms with Crippen LogP contribution in [0.15, 0.2) is 40.8 Å². The Morgan fingerprint density at radius 1 is 1.32 bits per heavy atom. The van der Waals surface area contributed by atoms with E-state index in [2.05, 4.69) is 5.32 Å². The van der Waals surface area contributed by atoms with Crippen molar-refractivity contribution >= 4 is 23.4 Å². The molecule has 19 heavy (non-hydrogen) atoms. The Hall–Kier alpha value is -1.72. The first kappa shape index (κ1) is 13.7. The van der Waals surface area contributed by atoms with Crippen molar-refractivity contribution in [2.24, 2.45) is 0 Å². The lowest BCUT2D eigenvalue weighted by molar-refractivity contribution is 0.0995. The van der Waals surface area contributed by atoms with Gasteiger partial charge in [-0.2, -0.15) is 11.8 Å². The lowest BCUT2D eigenvalue weighted by atomic mass is 10.2. The van der Waals surface area contributed by atoms with Crippen molar-refractivity contribution in [2.75, 3.05) is 11.6 Å². The molecule has 5 heteroatoms. The van der Waals surface area contributed by atoms with Crippen LogP contribution in [0.5, 0.6) is 0 Å². The van der Waals surface area contributed by atoms with E-state index in [0.29, 0.717) is 11.3 Å². The Bertz CT molecular complexity index is 565. The SMILES string of the molecule is CSCc1ccc(C(=O)Nc2ccccc2CO)o1. The van der Waals surface area contributed by atoms with Gasteiger partial charge in [-0.3, -0.25) is 4.79 Å². The number of aliphatic hydroxyl groups excluding tert-OH is 1. The molecule has 0 atom stereocenters. The second-order valence-electron chi connectivity index (χ2n) is 3.97. The zero-order valence-electron chi connectivity index (χ0n) is 10.6. The minimum Gasteiger partial charge on any atom is -0.455 e. The maximum Gasteiger partial charge on any atom is 0.291 e. The van der Waals surface area contributed by atoms with Crippen LogP contribution in [-0.2, 0) is 12.4 Å². The summed E-state index contributed by atoms with van der Waals surface area (Å²) >= 11 is 1.63. The molecule has 1 heterocycles. The largest absolute Gasteiger partial charge is 0.455 e. The first-order chi connectivity index (χ1) is 9.24. The van der Waals surface area contributed by atoms with Gasteiger partial charge >= 0.3 is 0 Å². The minimum atomic E-state index is -0.312. The van der Waals surface area contributed by atoms with E-state index < -0.39 is 0 Å². The highest BCUT2D eigenvalue weighted by molar-refractivity contribution is 7.97. The molecule has 0 unspecified atom stereocenters. The summed E-state index contributed by atoms with van der Waals surface area (Å²) in [6, 6.07) is 10.6. The fourth-order valence-corrected chi connectivity index (χ4v) is 2.12. The number of para-hydroxylation sites is 1. The van der Waals surface area contributed by atoms with E-state index in [1.54, 1.807) is 42.1 Å². The van der Waals surface area contributed by atoms with Crippen LogP contribution in [0.25, 0.3) is 0 Å². The van der Waals surface area contributed by atoms with Crippen molar-refractivity contribution < 1.29 is 14.3 Å². The summed E-state index contributed by atoms with van der Waals surface area (Å²) in [7, 11) is 0. The Morgan fingerprint density at radius 3 is 2.84 bits per heavy atom. The molecule has 0 aliphatic carbocycles. The number of hydrogen-bond acceptors (Lipinski definition) is 4. The number of nitrogens with one attached hydrogen (secondary N) is 1. The van der Waals surface area contributed by atoms with E-state index in [-0.39, 0.29) is 18.3 Å². The van der Waals surface area contributed by atoms with Crippen molar-refractivity contribution in [3.63, 3.8) is 0 Å². The Kier molecular flexibility index (Phi) is 4.65. The highest BCUT2D eigenvalue weighted by Crippen LogP contribution is 2.18. The van der Waals surface area contributed by atoms with Gasteiger partial charge in [0.15, 0.2) is 5.76 Å².